The van der Waals surface area contributed by atoms with Crippen LogP contribution in [0.3, 0.4) is 0 Å². The van der Waals surface area contributed by atoms with Gasteiger partial charge in [0.2, 0.25) is 5.43 Å². The first-order chi connectivity index (χ1) is 17.3. The van der Waals surface area contributed by atoms with Crippen LogP contribution in [0.5, 0.6) is 0 Å². The normalized spacial score (nSPS) is 13.8. The van der Waals surface area contributed by atoms with E-state index >= 15 is 0 Å². The highest BCUT2D eigenvalue weighted by Crippen LogP contribution is 2.28. The zero-order chi connectivity index (χ0) is 23.6. The number of rotatable bonds is 4. The third-order valence-corrected chi connectivity index (χ3v) is 6.70. The number of benzene rings is 4. The van der Waals surface area contributed by atoms with Gasteiger partial charge in [-0.2, -0.15) is 0 Å². The summed E-state index contributed by atoms with van der Waals surface area (Å²) in [4.78, 5) is 20.6. The van der Waals surface area contributed by atoms with Crippen LogP contribution in [0.4, 0.5) is 11.4 Å². The summed E-state index contributed by atoms with van der Waals surface area (Å²) in [7, 11) is 0. The van der Waals surface area contributed by atoms with Gasteiger partial charge in [0.05, 0.1) is 22.2 Å². The van der Waals surface area contributed by atoms with E-state index in [1.165, 1.54) is 19.3 Å². The molecule has 0 unspecified atom stereocenters. The molecule has 0 bridgehead atoms. The third kappa shape index (κ3) is 4.24. The van der Waals surface area contributed by atoms with Crippen LogP contribution in [0.1, 0.15) is 30.4 Å². The zero-order valence-corrected chi connectivity index (χ0v) is 19.5. The largest absolute Gasteiger partial charge is 0.456 e. The minimum absolute atomic E-state index is 0.00619. The van der Waals surface area contributed by atoms with Crippen molar-refractivity contribution >= 4 is 39.0 Å². The van der Waals surface area contributed by atoms with E-state index in [0.717, 1.165) is 41.3 Å². The molecule has 4 heteroatoms. The molecule has 0 saturated carbocycles. The second kappa shape index (κ2) is 9.22. The van der Waals surface area contributed by atoms with E-state index in [4.69, 9.17) is 9.41 Å². The van der Waals surface area contributed by atoms with Crippen molar-refractivity contribution in [2.45, 2.75) is 19.3 Å². The molecular weight excluding hydrogens is 432 g/mol. The van der Waals surface area contributed by atoms with Gasteiger partial charge in [0.15, 0.2) is 0 Å². The fourth-order valence-corrected chi connectivity index (χ4v) is 4.86. The predicted octanol–water partition coefficient (Wildman–Crippen LogP) is 7.11. The van der Waals surface area contributed by atoms with Crippen molar-refractivity contribution in [2.24, 2.45) is 4.99 Å². The fourth-order valence-electron chi connectivity index (χ4n) is 4.86. The smallest absolute Gasteiger partial charge is 0.200 e. The lowest BCUT2D eigenvalue weighted by atomic mass is 10.0. The monoisotopic (exact) mass is 458 g/mol. The van der Waals surface area contributed by atoms with Gasteiger partial charge in [-0.25, -0.2) is 4.99 Å². The van der Waals surface area contributed by atoms with E-state index in [2.05, 4.69) is 29.2 Å². The second-order valence-electron chi connectivity index (χ2n) is 9.03. The Morgan fingerprint density at radius 2 is 1.29 bits per heavy atom. The van der Waals surface area contributed by atoms with E-state index < -0.39 is 0 Å². The lowest BCUT2D eigenvalue weighted by Crippen LogP contribution is -2.29. The zero-order valence-electron chi connectivity index (χ0n) is 19.5. The Morgan fingerprint density at radius 3 is 1.94 bits per heavy atom. The van der Waals surface area contributed by atoms with E-state index in [1.807, 2.05) is 72.8 Å². The van der Waals surface area contributed by atoms with E-state index in [1.54, 1.807) is 0 Å². The predicted molar refractivity (Wildman–Crippen MR) is 144 cm³/mol. The maximum absolute atomic E-state index is 13.2. The molecule has 0 amide bonds. The highest BCUT2D eigenvalue weighted by Gasteiger charge is 2.15. The van der Waals surface area contributed by atoms with Crippen LogP contribution in [0.15, 0.2) is 111 Å². The molecule has 1 fully saturated rings. The van der Waals surface area contributed by atoms with Gasteiger partial charge in [-0.15, -0.1) is 0 Å². The van der Waals surface area contributed by atoms with Crippen LogP contribution < -0.4 is 10.3 Å². The van der Waals surface area contributed by atoms with Crippen LogP contribution in [0.2, 0.25) is 0 Å². The molecule has 172 valence electrons. The van der Waals surface area contributed by atoms with Crippen LogP contribution in [0.25, 0.3) is 21.9 Å². The first kappa shape index (κ1) is 21.4. The van der Waals surface area contributed by atoms with E-state index in [9.17, 15) is 4.79 Å². The number of hydrogen-bond donors (Lipinski definition) is 0. The Balaban J connectivity index is 1.47. The second-order valence-corrected chi connectivity index (χ2v) is 9.03. The van der Waals surface area contributed by atoms with Gasteiger partial charge in [0.25, 0.3) is 0 Å². The molecule has 0 N–H and O–H groups in total. The Labute approximate surface area is 204 Å². The summed E-state index contributed by atoms with van der Waals surface area (Å²) in [6.45, 7) is 2.09. The van der Waals surface area contributed by atoms with Crippen molar-refractivity contribution in [1.82, 2.24) is 0 Å². The molecule has 0 radical (unpaired) electrons. The maximum atomic E-state index is 13.2. The van der Waals surface area contributed by atoms with Crippen molar-refractivity contribution in [3.63, 3.8) is 0 Å². The summed E-state index contributed by atoms with van der Waals surface area (Å²) < 4.78 is 6.30. The first-order valence-corrected chi connectivity index (χ1v) is 12.2. The van der Waals surface area contributed by atoms with Gasteiger partial charge < -0.3 is 9.32 Å². The average Bonchev–Trinajstić information content (AvgIpc) is 2.93. The Bertz CT molecular complexity index is 1540. The molecule has 0 atom stereocenters. The Hall–Kier alpha value is -4.18. The van der Waals surface area contributed by atoms with Gasteiger partial charge >= 0.3 is 0 Å². The molecule has 1 aliphatic heterocycles. The van der Waals surface area contributed by atoms with Gasteiger partial charge in [-0.05, 0) is 43.5 Å². The molecular formula is C31H26N2O2. The van der Waals surface area contributed by atoms with E-state index in [0.29, 0.717) is 21.9 Å². The number of hydrogen-bond acceptors (Lipinski definition) is 4. The SMILES string of the molecule is O=c1c2ccc(N=C(c3ccccc3)c3ccccc3)cc2oc2cc(N3CCCCC3)ccc12. The van der Waals surface area contributed by atoms with Gasteiger partial charge in [0, 0.05) is 42.0 Å². The summed E-state index contributed by atoms with van der Waals surface area (Å²) in [5.41, 5.74) is 5.97. The molecule has 35 heavy (non-hydrogen) atoms. The van der Waals surface area contributed by atoms with Crippen molar-refractivity contribution in [3.8, 4) is 0 Å². The molecule has 4 aromatic carbocycles. The topological polar surface area (TPSA) is 45.8 Å². The molecule has 1 aromatic heterocycles. The van der Waals surface area contributed by atoms with Gasteiger partial charge in [-0.3, -0.25) is 4.79 Å². The van der Waals surface area contributed by atoms with Crippen molar-refractivity contribution in [3.05, 3.63) is 118 Å². The Morgan fingerprint density at radius 1 is 0.686 bits per heavy atom. The van der Waals surface area contributed by atoms with Crippen LogP contribution in [0, 0.1) is 0 Å². The van der Waals surface area contributed by atoms with Crippen LogP contribution >= 0.6 is 0 Å². The first-order valence-electron chi connectivity index (χ1n) is 12.2. The number of aliphatic imine (C=N–C) groups is 1. The molecule has 6 rings (SSSR count). The van der Waals surface area contributed by atoms with Crippen molar-refractivity contribution < 1.29 is 4.42 Å². The van der Waals surface area contributed by atoms with Crippen molar-refractivity contribution in [1.29, 1.82) is 0 Å². The summed E-state index contributed by atoms with van der Waals surface area (Å²) in [6.07, 6.45) is 3.68. The molecule has 1 aliphatic rings. The molecule has 0 spiro atoms. The Kier molecular flexibility index (Phi) is 5.63. The van der Waals surface area contributed by atoms with Crippen molar-refractivity contribution in [2.75, 3.05) is 18.0 Å². The van der Waals surface area contributed by atoms with Gasteiger partial charge in [-0.1, -0.05) is 60.7 Å². The molecule has 5 aromatic rings. The van der Waals surface area contributed by atoms with Crippen LogP contribution in [-0.2, 0) is 0 Å². The highest BCUT2D eigenvalue weighted by molar-refractivity contribution is 6.14. The summed E-state index contributed by atoms with van der Waals surface area (Å²) in [5, 5.41) is 1.19. The number of fused-ring (bicyclic) bond motifs is 2. The van der Waals surface area contributed by atoms with E-state index in [-0.39, 0.29) is 5.43 Å². The maximum Gasteiger partial charge on any atom is 0.200 e. The molecule has 1 saturated heterocycles. The van der Waals surface area contributed by atoms with Gasteiger partial charge in [0.1, 0.15) is 11.2 Å². The third-order valence-electron chi connectivity index (χ3n) is 6.70. The fraction of sp³-hybridized carbons (Fsp3) is 0.161. The lowest BCUT2D eigenvalue weighted by Gasteiger charge is -2.28. The minimum atomic E-state index is -0.00619. The quantitative estimate of drug-likeness (QED) is 0.213. The highest BCUT2D eigenvalue weighted by atomic mass is 16.3. The molecule has 4 nitrogen and oxygen atoms in total. The average molecular weight is 459 g/mol. The minimum Gasteiger partial charge on any atom is -0.456 e. The number of nitrogens with zero attached hydrogens (tertiary/aromatic N) is 2. The number of anilines is 1. The summed E-state index contributed by atoms with van der Waals surface area (Å²) in [5.74, 6) is 0. The van der Waals surface area contributed by atoms with Crippen LogP contribution in [-0.4, -0.2) is 18.8 Å². The summed E-state index contributed by atoms with van der Waals surface area (Å²) >= 11 is 0. The number of piperidine rings is 1. The lowest BCUT2D eigenvalue weighted by molar-refractivity contribution is 0.577. The molecule has 0 aliphatic carbocycles. The summed E-state index contributed by atoms with van der Waals surface area (Å²) in [6, 6.07) is 31.8. The standard InChI is InChI=1S/C31H26N2O2/c34-31-26-16-14-24(32-30(22-10-4-1-5-11-22)23-12-6-2-7-13-23)20-28(26)35-29-21-25(15-17-27(29)31)33-18-8-3-9-19-33/h1-2,4-7,10-17,20-21H,3,8-9,18-19H2. The molecule has 2 heterocycles.